The van der Waals surface area contributed by atoms with Crippen LogP contribution in [-0.2, 0) is 9.53 Å². The van der Waals surface area contributed by atoms with Crippen molar-refractivity contribution >= 4 is 34.8 Å². The van der Waals surface area contributed by atoms with Gasteiger partial charge in [-0.2, -0.15) is 5.26 Å². The number of nitrogens with one attached hydrogen (secondary N) is 1. The molecule has 1 N–H and O–H groups in total. The molecule has 0 aliphatic carbocycles. The molecular weight excluding hydrogens is 557 g/mol. The highest BCUT2D eigenvalue weighted by Gasteiger charge is 2.48. The van der Waals surface area contributed by atoms with E-state index in [9.17, 15) is 20.2 Å². The number of nitrogens with zero attached hydrogens (tertiary/aromatic N) is 2. The molecule has 1 atom stereocenters. The van der Waals surface area contributed by atoms with E-state index in [2.05, 4.69) is 47.8 Å². The summed E-state index contributed by atoms with van der Waals surface area (Å²) in [7, 11) is -2.42. The number of non-ortho nitro benzene ring substituents is 1. The van der Waals surface area contributed by atoms with Crippen molar-refractivity contribution in [2.45, 2.75) is 19.8 Å². The standard InChI is InChI=1S/C35H30N3O4P/c1-3-42-35(39)33-25(2)37-32(31(23-36)34(33)26-14-13-15-27(22-26)38(40)41)24-43(28-16-7-4-8-17-28,29-18-9-5-10-19-29)30-20-11-6-12-21-30/h4-22,34H,3,24H2,1-2H3/p+1. The SMILES string of the molecule is CCOC(=O)C1=C(C)NC(C[P+](c2ccccc2)(c2ccccc2)c2ccccc2)=C(C#N)C1c1cccc([N+](=O)[O-])c1. The van der Waals surface area contributed by atoms with Crippen molar-refractivity contribution in [1.82, 2.24) is 5.32 Å². The summed E-state index contributed by atoms with van der Waals surface area (Å²) in [6.07, 6.45) is 0.465. The Balaban J connectivity index is 1.79. The Hall–Kier alpha value is -5.05. The molecule has 43 heavy (non-hydrogen) atoms. The number of nitriles is 1. The summed E-state index contributed by atoms with van der Waals surface area (Å²) in [5.74, 6) is -1.41. The summed E-state index contributed by atoms with van der Waals surface area (Å²) in [5.41, 5.74) is 2.20. The van der Waals surface area contributed by atoms with Crippen molar-refractivity contribution in [3.05, 3.63) is 153 Å². The van der Waals surface area contributed by atoms with E-state index < -0.39 is 24.1 Å². The highest BCUT2D eigenvalue weighted by Crippen LogP contribution is 2.57. The fourth-order valence-corrected chi connectivity index (χ4v) is 10.00. The van der Waals surface area contributed by atoms with E-state index in [1.54, 1.807) is 26.0 Å². The summed E-state index contributed by atoms with van der Waals surface area (Å²) in [6.45, 7) is 3.66. The predicted molar refractivity (Wildman–Crippen MR) is 171 cm³/mol. The Labute approximate surface area is 251 Å². The van der Waals surface area contributed by atoms with E-state index in [-0.39, 0.29) is 17.9 Å². The number of nitro benzene ring substituents is 1. The zero-order chi connectivity index (χ0) is 30.4. The molecule has 0 spiro atoms. The van der Waals surface area contributed by atoms with Gasteiger partial charge in [-0.05, 0) is 55.8 Å². The second-order valence-corrected chi connectivity index (χ2v) is 13.6. The number of esters is 1. The first-order chi connectivity index (χ1) is 20.9. The van der Waals surface area contributed by atoms with E-state index in [1.165, 1.54) is 12.1 Å². The topological polar surface area (TPSA) is 105 Å². The van der Waals surface area contributed by atoms with E-state index in [0.29, 0.717) is 28.7 Å². The quantitative estimate of drug-likeness (QED) is 0.113. The van der Waals surface area contributed by atoms with Gasteiger partial charge in [0, 0.05) is 17.8 Å². The molecule has 1 heterocycles. The van der Waals surface area contributed by atoms with Crippen molar-refractivity contribution in [1.29, 1.82) is 5.26 Å². The van der Waals surface area contributed by atoms with E-state index in [0.717, 1.165) is 15.9 Å². The lowest BCUT2D eigenvalue weighted by Crippen LogP contribution is -2.38. The van der Waals surface area contributed by atoms with E-state index >= 15 is 0 Å². The minimum Gasteiger partial charge on any atom is -0.463 e. The molecule has 4 aromatic carbocycles. The van der Waals surface area contributed by atoms with Gasteiger partial charge in [0.15, 0.2) is 0 Å². The fourth-order valence-electron chi connectivity index (χ4n) is 5.79. The van der Waals surface area contributed by atoms with Crippen molar-refractivity contribution in [3.63, 3.8) is 0 Å². The minimum absolute atomic E-state index is 0.115. The number of allylic oxidation sites excluding steroid dienone is 3. The molecule has 214 valence electrons. The van der Waals surface area contributed by atoms with Crippen LogP contribution >= 0.6 is 7.26 Å². The maximum Gasteiger partial charge on any atom is 0.336 e. The molecule has 1 unspecified atom stereocenters. The number of benzene rings is 4. The molecule has 0 bridgehead atoms. The number of hydrogen-bond donors (Lipinski definition) is 1. The fraction of sp³-hybridized carbons (Fsp3) is 0.143. The van der Waals surface area contributed by atoms with Crippen LogP contribution in [0.4, 0.5) is 5.69 Å². The third kappa shape index (κ3) is 5.70. The molecule has 0 saturated heterocycles. The Kier molecular flexibility index (Phi) is 8.80. The lowest BCUT2D eigenvalue weighted by Gasteiger charge is -2.33. The molecule has 4 aromatic rings. The van der Waals surface area contributed by atoms with Gasteiger partial charge >= 0.3 is 5.97 Å². The number of dihydropyridines is 1. The third-order valence-corrected chi connectivity index (χ3v) is 12.0. The molecule has 7 nitrogen and oxygen atoms in total. The predicted octanol–water partition coefficient (Wildman–Crippen LogP) is 5.89. The largest absolute Gasteiger partial charge is 0.463 e. The van der Waals surface area contributed by atoms with Gasteiger partial charge in [-0.3, -0.25) is 10.1 Å². The Morgan fingerprint density at radius 1 is 0.907 bits per heavy atom. The average Bonchev–Trinajstić information content (AvgIpc) is 3.04. The summed E-state index contributed by atoms with van der Waals surface area (Å²) < 4.78 is 5.42. The zero-order valence-corrected chi connectivity index (χ0v) is 24.8. The van der Waals surface area contributed by atoms with Crippen LogP contribution < -0.4 is 21.2 Å². The summed E-state index contributed by atoms with van der Waals surface area (Å²) in [5, 5.41) is 29.3. The van der Waals surface area contributed by atoms with Crippen molar-refractivity contribution in [2.24, 2.45) is 0 Å². The van der Waals surface area contributed by atoms with Gasteiger partial charge < -0.3 is 10.1 Å². The summed E-state index contributed by atoms with van der Waals surface area (Å²) in [6, 6.07) is 39.5. The number of carbonyl (C=O) groups is 1. The summed E-state index contributed by atoms with van der Waals surface area (Å²) >= 11 is 0. The van der Waals surface area contributed by atoms with Gasteiger partial charge in [0.05, 0.1) is 40.4 Å². The average molecular weight is 589 g/mol. The first kappa shape index (κ1) is 29.4. The van der Waals surface area contributed by atoms with Gasteiger partial charge in [0.1, 0.15) is 29.3 Å². The zero-order valence-electron chi connectivity index (χ0n) is 23.9. The molecule has 1 aliphatic heterocycles. The lowest BCUT2D eigenvalue weighted by atomic mass is 9.81. The van der Waals surface area contributed by atoms with Crippen molar-refractivity contribution < 1.29 is 14.5 Å². The Morgan fingerprint density at radius 2 is 1.44 bits per heavy atom. The Bertz CT molecular complexity index is 1650. The number of ether oxygens (including phenoxy) is 1. The number of nitro groups is 1. The number of hydrogen-bond acceptors (Lipinski definition) is 6. The van der Waals surface area contributed by atoms with Crippen LogP contribution in [0, 0.1) is 21.4 Å². The monoisotopic (exact) mass is 588 g/mol. The highest BCUT2D eigenvalue weighted by atomic mass is 31.2. The minimum atomic E-state index is -2.42. The van der Waals surface area contributed by atoms with Gasteiger partial charge in [-0.25, -0.2) is 4.79 Å². The molecule has 0 radical (unpaired) electrons. The van der Waals surface area contributed by atoms with Crippen LogP contribution in [0.3, 0.4) is 0 Å². The summed E-state index contributed by atoms with van der Waals surface area (Å²) in [4.78, 5) is 24.6. The van der Waals surface area contributed by atoms with Crippen LogP contribution in [-0.4, -0.2) is 23.7 Å². The van der Waals surface area contributed by atoms with Gasteiger partial charge in [-0.15, -0.1) is 0 Å². The molecule has 0 fully saturated rings. The molecule has 5 rings (SSSR count). The lowest BCUT2D eigenvalue weighted by molar-refractivity contribution is -0.384. The maximum absolute atomic E-state index is 13.3. The van der Waals surface area contributed by atoms with Crippen molar-refractivity contribution in [3.8, 4) is 6.07 Å². The van der Waals surface area contributed by atoms with Gasteiger partial charge in [-0.1, -0.05) is 66.7 Å². The molecule has 1 aliphatic rings. The first-order valence-corrected chi connectivity index (χ1v) is 16.0. The van der Waals surface area contributed by atoms with Gasteiger partial charge in [0.25, 0.3) is 5.69 Å². The van der Waals surface area contributed by atoms with Crippen LogP contribution in [0.15, 0.2) is 138 Å². The van der Waals surface area contributed by atoms with Gasteiger partial charge in [0.2, 0.25) is 0 Å². The molecular formula is C35H31N3O4P+. The second kappa shape index (κ2) is 12.9. The maximum atomic E-state index is 13.3. The van der Waals surface area contributed by atoms with Crippen LogP contribution in [0.2, 0.25) is 0 Å². The highest BCUT2D eigenvalue weighted by molar-refractivity contribution is 7.95. The normalized spacial score (nSPS) is 15.0. The molecule has 0 amide bonds. The van der Waals surface area contributed by atoms with E-state index in [4.69, 9.17) is 4.74 Å². The first-order valence-electron chi connectivity index (χ1n) is 14.0. The van der Waals surface area contributed by atoms with Crippen LogP contribution in [0.1, 0.15) is 25.3 Å². The second-order valence-electron chi connectivity index (χ2n) is 10.1. The Morgan fingerprint density at radius 3 is 1.91 bits per heavy atom. The van der Waals surface area contributed by atoms with Crippen molar-refractivity contribution in [2.75, 3.05) is 12.8 Å². The number of rotatable bonds is 9. The smallest absolute Gasteiger partial charge is 0.336 e. The molecule has 8 heteroatoms. The third-order valence-electron chi connectivity index (χ3n) is 7.66. The molecule has 0 saturated carbocycles. The number of carbonyl (C=O) groups excluding carboxylic acids is 1. The van der Waals surface area contributed by atoms with Crippen LogP contribution in [0.5, 0.6) is 0 Å². The molecule has 0 aromatic heterocycles. The van der Waals surface area contributed by atoms with Crippen LogP contribution in [0.25, 0.3) is 0 Å². The van der Waals surface area contributed by atoms with E-state index in [1.807, 2.05) is 54.6 Å².